The number of hydrogen-bond donors (Lipinski definition) is 1. The van der Waals surface area contributed by atoms with E-state index in [1.54, 1.807) is 6.92 Å². The number of rotatable bonds is 4. The quantitative estimate of drug-likeness (QED) is 0.610. The second-order valence-corrected chi connectivity index (χ2v) is 2.39. The summed E-state index contributed by atoms with van der Waals surface area (Å²) in [6.45, 7) is 3.66. The highest BCUT2D eigenvalue weighted by atomic mass is 16.4. The topological polar surface area (TPSA) is 37.3 Å². The van der Waals surface area contributed by atoms with Crippen LogP contribution in [0.25, 0.3) is 0 Å². The number of aliphatic carboxylic acids is 1. The van der Waals surface area contributed by atoms with Crippen molar-refractivity contribution in [2.45, 2.75) is 26.7 Å². The molecule has 0 aromatic rings. The van der Waals surface area contributed by atoms with Gasteiger partial charge < -0.3 is 5.11 Å². The van der Waals surface area contributed by atoms with E-state index in [-0.39, 0.29) is 5.92 Å². The van der Waals surface area contributed by atoms with Crippen molar-refractivity contribution in [1.29, 1.82) is 0 Å². The van der Waals surface area contributed by atoms with Gasteiger partial charge in [-0.2, -0.15) is 0 Å². The standard InChI is InChI=1S/C8H14O2/c1-3-4-5-6-7(2)8(9)10/h3-4,7H,5-6H2,1-2H3,(H,9,10)/b4-3+. The number of hydrogen-bond acceptors (Lipinski definition) is 1. The normalized spacial score (nSPS) is 13.8. The highest BCUT2D eigenvalue weighted by molar-refractivity contribution is 5.69. The molecule has 0 aromatic carbocycles. The van der Waals surface area contributed by atoms with E-state index in [2.05, 4.69) is 0 Å². The summed E-state index contributed by atoms with van der Waals surface area (Å²) in [7, 11) is 0. The highest BCUT2D eigenvalue weighted by Crippen LogP contribution is 2.05. The fourth-order valence-corrected chi connectivity index (χ4v) is 0.636. The van der Waals surface area contributed by atoms with E-state index >= 15 is 0 Å². The van der Waals surface area contributed by atoms with Gasteiger partial charge in [0.2, 0.25) is 0 Å². The number of carbonyl (C=O) groups is 1. The van der Waals surface area contributed by atoms with Gasteiger partial charge in [-0.3, -0.25) is 4.79 Å². The van der Waals surface area contributed by atoms with E-state index in [4.69, 9.17) is 5.11 Å². The van der Waals surface area contributed by atoms with Gasteiger partial charge in [0.15, 0.2) is 0 Å². The number of allylic oxidation sites excluding steroid dienone is 2. The lowest BCUT2D eigenvalue weighted by molar-refractivity contribution is -0.141. The zero-order valence-corrected chi connectivity index (χ0v) is 6.50. The van der Waals surface area contributed by atoms with E-state index in [0.717, 1.165) is 12.8 Å². The average molecular weight is 142 g/mol. The van der Waals surface area contributed by atoms with Crippen molar-refractivity contribution in [3.8, 4) is 0 Å². The molecular weight excluding hydrogens is 128 g/mol. The van der Waals surface area contributed by atoms with Crippen LogP contribution in [0.5, 0.6) is 0 Å². The first-order chi connectivity index (χ1) is 4.68. The Balaban J connectivity index is 3.39. The van der Waals surface area contributed by atoms with Crippen molar-refractivity contribution in [3.05, 3.63) is 12.2 Å². The Morgan fingerprint density at radius 1 is 1.70 bits per heavy atom. The average Bonchev–Trinajstić information content (AvgIpc) is 1.88. The highest BCUT2D eigenvalue weighted by Gasteiger charge is 2.07. The molecule has 0 saturated heterocycles. The maximum Gasteiger partial charge on any atom is 0.306 e. The Kier molecular flexibility index (Phi) is 4.63. The molecule has 0 aromatic heterocycles. The zero-order chi connectivity index (χ0) is 7.98. The predicted molar refractivity (Wildman–Crippen MR) is 40.8 cm³/mol. The van der Waals surface area contributed by atoms with E-state index in [1.807, 2.05) is 19.1 Å². The molecule has 58 valence electrons. The summed E-state index contributed by atoms with van der Waals surface area (Å²) in [5, 5.41) is 8.46. The minimum atomic E-state index is -0.704. The van der Waals surface area contributed by atoms with Gasteiger partial charge in [-0.15, -0.1) is 0 Å². The molecular formula is C8H14O2. The molecule has 1 N–H and O–H groups in total. The van der Waals surface area contributed by atoms with Gasteiger partial charge in [0.25, 0.3) is 0 Å². The number of carboxylic acids is 1. The lowest BCUT2D eigenvalue weighted by atomic mass is 10.1. The first kappa shape index (κ1) is 9.21. The molecule has 1 unspecified atom stereocenters. The van der Waals surface area contributed by atoms with Gasteiger partial charge in [0.05, 0.1) is 5.92 Å². The van der Waals surface area contributed by atoms with E-state index in [0.29, 0.717) is 0 Å². The molecule has 0 aliphatic heterocycles. The predicted octanol–water partition coefficient (Wildman–Crippen LogP) is 2.06. The van der Waals surface area contributed by atoms with Crippen molar-refractivity contribution in [2.75, 3.05) is 0 Å². The second kappa shape index (κ2) is 5.03. The van der Waals surface area contributed by atoms with Crippen LogP contribution >= 0.6 is 0 Å². The molecule has 10 heavy (non-hydrogen) atoms. The van der Waals surface area contributed by atoms with Crippen molar-refractivity contribution in [1.82, 2.24) is 0 Å². The smallest absolute Gasteiger partial charge is 0.306 e. The van der Waals surface area contributed by atoms with Crippen LogP contribution in [-0.4, -0.2) is 11.1 Å². The van der Waals surface area contributed by atoms with Crippen molar-refractivity contribution in [2.24, 2.45) is 5.92 Å². The third kappa shape index (κ3) is 4.13. The van der Waals surface area contributed by atoms with Crippen LogP contribution in [0.4, 0.5) is 0 Å². The number of carboxylic acid groups (broad SMARTS) is 1. The Labute approximate surface area is 61.6 Å². The van der Waals surface area contributed by atoms with Crippen LogP contribution in [-0.2, 0) is 4.79 Å². The van der Waals surface area contributed by atoms with Gasteiger partial charge in [-0.05, 0) is 19.8 Å². The van der Waals surface area contributed by atoms with Crippen LogP contribution < -0.4 is 0 Å². The SMILES string of the molecule is C/C=C/CCC(C)C(=O)O. The fourth-order valence-electron chi connectivity index (χ4n) is 0.636. The Morgan fingerprint density at radius 2 is 2.30 bits per heavy atom. The molecule has 2 nitrogen and oxygen atoms in total. The lowest BCUT2D eigenvalue weighted by Gasteiger charge is -2.01. The zero-order valence-electron chi connectivity index (χ0n) is 6.50. The Morgan fingerprint density at radius 3 is 2.70 bits per heavy atom. The van der Waals surface area contributed by atoms with Crippen LogP contribution in [0.2, 0.25) is 0 Å². The molecule has 0 rings (SSSR count). The summed E-state index contributed by atoms with van der Waals surface area (Å²) in [4.78, 5) is 10.3. The lowest BCUT2D eigenvalue weighted by Crippen LogP contribution is -2.08. The summed E-state index contributed by atoms with van der Waals surface area (Å²) >= 11 is 0. The Hall–Kier alpha value is -0.790. The van der Waals surface area contributed by atoms with Gasteiger partial charge >= 0.3 is 5.97 Å². The summed E-state index contributed by atoms with van der Waals surface area (Å²) in [6, 6.07) is 0. The fraction of sp³-hybridized carbons (Fsp3) is 0.625. The van der Waals surface area contributed by atoms with Crippen LogP contribution in [0, 0.1) is 5.92 Å². The van der Waals surface area contributed by atoms with Crippen molar-refractivity contribution >= 4 is 5.97 Å². The summed E-state index contributed by atoms with van der Waals surface area (Å²) in [5.74, 6) is -0.916. The molecule has 0 heterocycles. The largest absolute Gasteiger partial charge is 0.481 e. The molecule has 0 aliphatic carbocycles. The van der Waals surface area contributed by atoms with Crippen molar-refractivity contribution in [3.63, 3.8) is 0 Å². The third-order valence-corrected chi connectivity index (χ3v) is 1.42. The minimum absolute atomic E-state index is 0.212. The van der Waals surface area contributed by atoms with Crippen LogP contribution in [0.3, 0.4) is 0 Å². The van der Waals surface area contributed by atoms with Gasteiger partial charge in [-0.25, -0.2) is 0 Å². The summed E-state index contributed by atoms with van der Waals surface area (Å²) in [6.07, 6.45) is 5.53. The molecule has 0 aliphatic rings. The maximum atomic E-state index is 10.3. The molecule has 0 saturated carbocycles. The molecule has 0 spiro atoms. The van der Waals surface area contributed by atoms with E-state index in [9.17, 15) is 4.79 Å². The van der Waals surface area contributed by atoms with E-state index < -0.39 is 5.97 Å². The summed E-state index contributed by atoms with van der Waals surface area (Å²) in [5.41, 5.74) is 0. The molecule has 2 heteroatoms. The first-order valence-corrected chi connectivity index (χ1v) is 3.52. The molecule has 0 bridgehead atoms. The monoisotopic (exact) mass is 142 g/mol. The third-order valence-electron chi connectivity index (χ3n) is 1.42. The Bertz CT molecular complexity index is 127. The first-order valence-electron chi connectivity index (χ1n) is 3.52. The van der Waals surface area contributed by atoms with Crippen molar-refractivity contribution < 1.29 is 9.90 Å². The molecule has 1 atom stereocenters. The van der Waals surface area contributed by atoms with Crippen LogP contribution in [0.15, 0.2) is 12.2 Å². The van der Waals surface area contributed by atoms with Gasteiger partial charge in [0.1, 0.15) is 0 Å². The molecule has 0 radical (unpaired) electrons. The van der Waals surface area contributed by atoms with Gasteiger partial charge in [0, 0.05) is 0 Å². The summed E-state index contributed by atoms with van der Waals surface area (Å²) < 4.78 is 0. The molecule has 0 fully saturated rings. The second-order valence-electron chi connectivity index (χ2n) is 2.39. The molecule has 0 amide bonds. The van der Waals surface area contributed by atoms with E-state index in [1.165, 1.54) is 0 Å². The van der Waals surface area contributed by atoms with Crippen LogP contribution in [0.1, 0.15) is 26.7 Å². The van der Waals surface area contributed by atoms with Gasteiger partial charge in [-0.1, -0.05) is 19.1 Å². The maximum absolute atomic E-state index is 10.3. The minimum Gasteiger partial charge on any atom is -0.481 e.